The van der Waals surface area contributed by atoms with Gasteiger partial charge in [0.15, 0.2) is 5.96 Å². The summed E-state index contributed by atoms with van der Waals surface area (Å²) in [7, 11) is 0. The molecule has 0 radical (unpaired) electrons. The van der Waals surface area contributed by atoms with Gasteiger partial charge in [-0.05, 0) is 31.0 Å². The first-order valence-corrected chi connectivity index (χ1v) is 9.57. The van der Waals surface area contributed by atoms with Crippen molar-refractivity contribution in [3.63, 3.8) is 0 Å². The SMILES string of the molecule is CCNC(=NCC(C)Cn1cccn1)N1CCN(c2ccccc2)CC1. The lowest BCUT2D eigenvalue weighted by molar-refractivity contribution is 0.369. The molecule has 1 aliphatic rings. The molecule has 140 valence electrons. The first-order valence-electron chi connectivity index (χ1n) is 9.57. The van der Waals surface area contributed by atoms with Crippen LogP contribution in [-0.4, -0.2) is 59.9 Å². The van der Waals surface area contributed by atoms with Crippen LogP contribution in [0, 0.1) is 5.92 Å². The summed E-state index contributed by atoms with van der Waals surface area (Å²) in [5.74, 6) is 1.49. The fraction of sp³-hybridized carbons (Fsp3) is 0.500. The third-order valence-electron chi connectivity index (χ3n) is 4.65. The Hall–Kier alpha value is -2.50. The molecule has 0 saturated carbocycles. The van der Waals surface area contributed by atoms with Crippen LogP contribution in [0.25, 0.3) is 0 Å². The van der Waals surface area contributed by atoms with Crippen molar-refractivity contribution in [2.24, 2.45) is 10.9 Å². The quantitative estimate of drug-likeness (QED) is 0.639. The normalized spacial score (nSPS) is 16.6. The molecule has 1 fully saturated rings. The number of guanidine groups is 1. The lowest BCUT2D eigenvalue weighted by Crippen LogP contribution is -2.52. The Balaban J connectivity index is 1.54. The first-order chi connectivity index (χ1) is 12.8. The Kier molecular flexibility index (Phi) is 6.52. The number of benzene rings is 1. The van der Waals surface area contributed by atoms with Gasteiger partial charge in [-0.25, -0.2) is 0 Å². The number of nitrogens with one attached hydrogen (secondary N) is 1. The molecule has 2 heterocycles. The zero-order valence-electron chi connectivity index (χ0n) is 15.9. The highest BCUT2D eigenvalue weighted by molar-refractivity contribution is 5.80. The van der Waals surface area contributed by atoms with Crippen molar-refractivity contribution in [2.45, 2.75) is 20.4 Å². The van der Waals surface area contributed by atoms with Crippen LogP contribution in [0.15, 0.2) is 53.8 Å². The lowest BCUT2D eigenvalue weighted by atomic mass is 10.2. The molecule has 0 spiro atoms. The Morgan fingerprint density at radius 2 is 1.92 bits per heavy atom. The predicted octanol–water partition coefficient (Wildman–Crippen LogP) is 2.31. The molecule has 2 aromatic rings. The summed E-state index contributed by atoms with van der Waals surface area (Å²) in [5.41, 5.74) is 1.31. The molecular weight excluding hydrogens is 324 g/mol. The summed E-state index contributed by atoms with van der Waals surface area (Å²) in [5, 5.41) is 7.74. The van der Waals surface area contributed by atoms with Crippen LogP contribution in [0.2, 0.25) is 0 Å². The van der Waals surface area contributed by atoms with Crippen LogP contribution in [0.1, 0.15) is 13.8 Å². The summed E-state index contributed by atoms with van der Waals surface area (Å²) in [6, 6.07) is 12.6. The Morgan fingerprint density at radius 3 is 2.58 bits per heavy atom. The van der Waals surface area contributed by atoms with Crippen LogP contribution in [0.5, 0.6) is 0 Å². The molecule has 1 aromatic carbocycles. The fourth-order valence-corrected chi connectivity index (χ4v) is 3.27. The molecule has 6 nitrogen and oxygen atoms in total. The van der Waals surface area contributed by atoms with Gasteiger partial charge in [-0.15, -0.1) is 0 Å². The molecule has 3 rings (SSSR count). The number of hydrogen-bond donors (Lipinski definition) is 1. The predicted molar refractivity (Wildman–Crippen MR) is 108 cm³/mol. The summed E-state index contributed by atoms with van der Waals surface area (Å²) >= 11 is 0. The van der Waals surface area contributed by atoms with E-state index in [1.54, 1.807) is 0 Å². The highest BCUT2D eigenvalue weighted by atomic mass is 15.3. The van der Waals surface area contributed by atoms with Crippen molar-refractivity contribution in [1.82, 2.24) is 20.0 Å². The smallest absolute Gasteiger partial charge is 0.194 e. The van der Waals surface area contributed by atoms with E-state index in [4.69, 9.17) is 4.99 Å². The van der Waals surface area contributed by atoms with E-state index < -0.39 is 0 Å². The van der Waals surface area contributed by atoms with Crippen LogP contribution in [0.3, 0.4) is 0 Å². The van der Waals surface area contributed by atoms with E-state index in [0.29, 0.717) is 5.92 Å². The number of aliphatic imine (C=N–C) groups is 1. The Morgan fingerprint density at radius 1 is 1.15 bits per heavy atom. The van der Waals surface area contributed by atoms with Gasteiger partial charge in [-0.2, -0.15) is 5.10 Å². The third kappa shape index (κ3) is 5.00. The van der Waals surface area contributed by atoms with Gasteiger partial charge in [0.05, 0.1) is 0 Å². The number of piperazine rings is 1. The van der Waals surface area contributed by atoms with Gasteiger partial charge in [0, 0.05) is 63.9 Å². The van der Waals surface area contributed by atoms with Gasteiger partial charge in [0.25, 0.3) is 0 Å². The van der Waals surface area contributed by atoms with Gasteiger partial charge in [-0.1, -0.05) is 25.1 Å². The molecule has 0 bridgehead atoms. The van der Waals surface area contributed by atoms with E-state index in [9.17, 15) is 0 Å². The highest BCUT2D eigenvalue weighted by Crippen LogP contribution is 2.15. The average molecular weight is 355 g/mol. The number of nitrogens with zero attached hydrogens (tertiary/aromatic N) is 5. The summed E-state index contributed by atoms with van der Waals surface area (Å²) in [6.07, 6.45) is 3.83. The lowest BCUT2D eigenvalue weighted by Gasteiger charge is -2.37. The Bertz CT molecular complexity index is 659. The van der Waals surface area contributed by atoms with Crippen molar-refractivity contribution in [3.05, 3.63) is 48.8 Å². The molecule has 26 heavy (non-hydrogen) atoms. The number of aromatic nitrogens is 2. The van der Waals surface area contributed by atoms with E-state index in [1.807, 2.05) is 23.1 Å². The largest absolute Gasteiger partial charge is 0.368 e. The van der Waals surface area contributed by atoms with Crippen LogP contribution in [-0.2, 0) is 6.54 Å². The molecule has 0 amide bonds. The van der Waals surface area contributed by atoms with E-state index in [1.165, 1.54) is 5.69 Å². The summed E-state index contributed by atoms with van der Waals surface area (Å²) in [4.78, 5) is 9.71. The summed E-state index contributed by atoms with van der Waals surface area (Å²) < 4.78 is 1.98. The van der Waals surface area contributed by atoms with Gasteiger partial charge < -0.3 is 15.1 Å². The van der Waals surface area contributed by atoms with E-state index in [0.717, 1.165) is 51.8 Å². The van der Waals surface area contributed by atoms with Gasteiger partial charge in [0.1, 0.15) is 0 Å². The molecule has 1 atom stereocenters. The molecule has 1 N–H and O–H groups in total. The zero-order valence-corrected chi connectivity index (χ0v) is 15.9. The molecule has 6 heteroatoms. The standard InChI is InChI=1S/C20H30N6/c1-3-21-20(22-16-18(2)17-26-11-7-10-23-26)25-14-12-24(13-15-25)19-8-5-4-6-9-19/h4-11,18H,3,12-17H2,1-2H3,(H,21,22). The van der Waals surface area contributed by atoms with Crippen LogP contribution >= 0.6 is 0 Å². The second-order valence-electron chi connectivity index (χ2n) is 6.84. The first kappa shape index (κ1) is 18.3. The number of hydrogen-bond acceptors (Lipinski definition) is 3. The van der Waals surface area contributed by atoms with Gasteiger partial charge in [0.2, 0.25) is 0 Å². The van der Waals surface area contributed by atoms with E-state index in [-0.39, 0.29) is 0 Å². The monoisotopic (exact) mass is 354 g/mol. The average Bonchev–Trinajstić information content (AvgIpc) is 3.19. The fourth-order valence-electron chi connectivity index (χ4n) is 3.27. The molecular formula is C20H30N6. The maximum absolute atomic E-state index is 4.89. The topological polar surface area (TPSA) is 48.7 Å². The Labute approximate surface area is 156 Å². The molecule has 1 saturated heterocycles. The number of rotatable bonds is 6. The number of anilines is 1. The van der Waals surface area contributed by atoms with Crippen molar-refractivity contribution >= 4 is 11.6 Å². The van der Waals surface area contributed by atoms with Crippen molar-refractivity contribution in [3.8, 4) is 0 Å². The maximum atomic E-state index is 4.89. The minimum atomic E-state index is 0.453. The highest BCUT2D eigenvalue weighted by Gasteiger charge is 2.19. The molecule has 1 aliphatic heterocycles. The molecule has 1 unspecified atom stereocenters. The van der Waals surface area contributed by atoms with E-state index in [2.05, 4.69) is 64.4 Å². The third-order valence-corrected chi connectivity index (χ3v) is 4.65. The minimum absolute atomic E-state index is 0.453. The second-order valence-corrected chi connectivity index (χ2v) is 6.84. The molecule has 0 aliphatic carbocycles. The van der Waals surface area contributed by atoms with E-state index >= 15 is 0 Å². The molecule has 1 aromatic heterocycles. The maximum Gasteiger partial charge on any atom is 0.194 e. The van der Waals surface area contributed by atoms with Gasteiger partial charge >= 0.3 is 0 Å². The van der Waals surface area contributed by atoms with Gasteiger partial charge in [-0.3, -0.25) is 9.67 Å². The second kappa shape index (κ2) is 9.27. The summed E-state index contributed by atoms with van der Waals surface area (Å²) in [6.45, 7) is 11.0. The minimum Gasteiger partial charge on any atom is -0.368 e. The zero-order chi connectivity index (χ0) is 18.2. The number of para-hydroxylation sites is 1. The van der Waals surface area contributed by atoms with Crippen molar-refractivity contribution in [2.75, 3.05) is 44.2 Å². The van der Waals surface area contributed by atoms with Crippen LogP contribution in [0.4, 0.5) is 5.69 Å². The van der Waals surface area contributed by atoms with Crippen molar-refractivity contribution in [1.29, 1.82) is 0 Å². The van der Waals surface area contributed by atoms with Crippen molar-refractivity contribution < 1.29 is 0 Å². The van der Waals surface area contributed by atoms with Crippen LogP contribution < -0.4 is 10.2 Å².